The first-order valence-electron chi connectivity index (χ1n) is 6.34. The van der Waals surface area contributed by atoms with Gasteiger partial charge in [-0.1, -0.05) is 18.5 Å². The topological polar surface area (TPSA) is 38.3 Å². The lowest BCUT2D eigenvalue weighted by atomic mass is 10.1. The maximum absolute atomic E-state index is 6.07. The number of nitrogens with one attached hydrogen (secondary N) is 1. The summed E-state index contributed by atoms with van der Waals surface area (Å²) in [7, 11) is 0. The van der Waals surface area contributed by atoms with Gasteiger partial charge >= 0.3 is 0 Å². The SMILES string of the molecule is CCNC(c1cc2cc(Cl)ccc2o1)c1ccoc1Cl. The van der Waals surface area contributed by atoms with Gasteiger partial charge in [0.25, 0.3) is 0 Å². The largest absolute Gasteiger partial charge is 0.459 e. The molecule has 1 unspecified atom stereocenters. The van der Waals surface area contributed by atoms with Crippen LogP contribution in [0.25, 0.3) is 11.0 Å². The third-order valence-corrected chi connectivity index (χ3v) is 3.69. The summed E-state index contributed by atoms with van der Waals surface area (Å²) in [6, 6.07) is 9.22. The molecule has 0 fully saturated rings. The molecule has 3 aromatic rings. The van der Waals surface area contributed by atoms with Crippen molar-refractivity contribution in [1.29, 1.82) is 0 Å². The first-order chi connectivity index (χ1) is 9.69. The van der Waals surface area contributed by atoms with E-state index in [1.54, 1.807) is 6.26 Å². The van der Waals surface area contributed by atoms with Crippen LogP contribution in [0.2, 0.25) is 10.2 Å². The molecule has 2 aromatic heterocycles. The van der Waals surface area contributed by atoms with Gasteiger partial charge in [0.15, 0.2) is 5.22 Å². The van der Waals surface area contributed by atoms with Crippen LogP contribution in [0.5, 0.6) is 0 Å². The second-order valence-corrected chi connectivity index (χ2v) is 5.25. The third kappa shape index (κ3) is 2.44. The molecule has 0 aliphatic rings. The summed E-state index contributed by atoms with van der Waals surface area (Å²) >= 11 is 12.1. The molecule has 0 spiro atoms. The summed E-state index contributed by atoms with van der Waals surface area (Å²) in [5.74, 6) is 0.785. The number of benzene rings is 1. The lowest BCUT2D eigenvalue weighted by Crippen LogP contribution is -2.21. The van der Waals surface area contributed by atoms with E-state index in [1.807, 2.05) is 37.3 Å². The summed E-state index contributed by atoms with van der Waals surface area (Å²) < 4.78 is 11.1. The molecule has 3 nitrogen and oxygen atoms in total. The highest BCUT2D eigenvalue weighted by Crippen LogP contribution is 2.33. The molecule has 3 rings (SSSR count). The van der Waals surface area contributed by atoms with E-state index in [-0.39, 0.29) is 6.04 Å². The highest BCUT2D eigenvalue weighted by atomic mass is 35.5. The summed E-state index contributed by atoms with van der Waals surface area (Å²) in [6.07, 6.45) is 1.57. The fourth-order valence-electron chi connectivity index (χ4n) is 2.26. The Labute approximate surface area is 126 Å². The van der Waals surface area contributed by atoms with Crippen molar-refractivity contribution >= 4 is 34.2 Å². The highest BCUT2D eigenvalue weighted by molar-refractivity contribution is 6.31. The summed E-state index contributed by atoms with van der Waals surface area (Å²) in [6.45, 7) is 2.81. The van der Waals surface area contributed by atoms with Gasteiger partial charge in [0.05, 0.1) is 12.3 Å². The van der Waals surface area contributed by atoms with Crippen molar-refractivity contribution < 1.29 is 8.83 Å². The van der Waals surface area contributed by atoms with Crippen LogP contribution in [-0.2, 0) is 0 Å². The van der Waals surface area contributed by atoms with E-state index < -0.39 is 0 Å². The minimum absolute atomic E-state index is 0.141. The molecule has 2 heterocycles. The van der Waals surface area contributed by atoms with E-state index in [2.05, 4.69) is 5.32 Å². The van der Waals surface area contributed by atoms with Crippen LogP contribution < -0.4 is 5.32 Å². The first-order valence-corrected chi connectivity index (χ1v) is 7.10. The molecule has 104 valence electrons. The molecule has 1 atom stereocenters. The lowest BCUT2D eigenvalue weighted by molar-refractivity contribution is 0.472. The third-order valence-electron chi connectivity index (χ3n) is 3.15. The van der Waals surface area contributed by atoms with Gasteiger partial charge in [-0.2, -0.15) is 0 Å². The van der Waals surface area contributed by atoms with Crippen LogP contribution in [0.3, 0.4) is 0 Å². The van der Waals surface area contributed by atoms with Crippen LogP contribution in [0, 0.1) is 0 Å². The van der Waals surface area contributed by atoms with Crippen molar-refractivity contribution in [2.45, 2.75) is 13.0 Å². The average molecular weight is 310 g/mol. The van der Waals surface area contributed by atoms with Crippen molar-refractivity contribution in [3.63, 3.8) is 0 Å². The molecular formula is C15H13Cl2NO2. The zero-order valence-corrected chi connectivity index (χ0v) is 12.3. The van der Waals surface area contributed by atoms with E-state index in [9.17, 15) is 0 Å². The highest BCUT2D eigenvalue weighted by Gasteiger charge is 2.22. The van der Waals surface area contributed by atoms with E-state index >= 15 is 0 Å². The van der Waals surface area contributed by atoms with Crippen LogP contribution >= 0.6 is 23.2 Å². The second kappa shape index (κ2) is 5.52. The van der Waals surface area contributed by atoms with Gasteiger partial charge in [-0.3, -0.25) is 0 Å². The Morgan fingerprint density at radius 3 is 2.75 bits per heavy atom. The molecule has 0 amide bonds. The Bertz CT molecular complexity index is 732. The fraction of sp³-hybridized carbons (Fsp3) is 0.200. The molecule has 0 aliphatic carbocycles. The number of furan rings is 2. The second-order valence-electron chi connectivity index (χ2n) is 4.47. The number of hydrogen-bond donors (Lipinski definition) is 1. The molecular weight excluding hydrogens is 297 g/mol. The summed E-state index contributed by atoms with van der Waals surface area (Å²) in [5.41, 5.74) is 1.66. The van der Waals surface area contributed by atoms with Gasteiger partial charge in [-0.15, -0.1) is 0 Å². The van der Waals surface area contributed by atoms with Gasteiger partial charge < -0.3 is 14.2 Å². The molecule has 5 heteroatoms. The first kappa shape index (κ1) is 13.6. The molecule has 0 aliphatic heterocycles. The predicted octanol–water partition coefficient (Wildman–Crippen LogP) is 5.03. The van der Waals surface area contributed by atoms with Gasteiger partial charge in [0.1, 0.15) is 11.3 Å². The smallest absolute Gasteiger partial charge is 0.198 e. The van der Waals surface area contributed by atoms with Crippen LogP contribution in [0.1, 0.15) is 24.3 Å². The van der Waals surface area contributed by atoms with Crippen molar-refractivity contribution in [3.05, 3.63) is 58.2 Å². The number of fused-ring (bicyclic) bond motifs is 1. The fourth-order valence-corrected chi connectivity index (χ4v) is 2.66. The number of hydrogen-bond acceptors (Lipinski definition) is 3. The molecule has 0 saturated carbocycles. The van der Waals surface area contributed by atoms with E-state index in [1.165, 1.54) is 0 Å². The number of rotatable bonds is 4. The van der Waals surface area contributed by atoms with Crippen molar-refractivity contribution in [1.82, 2.24) is 5.32 Å². The Balaban J connectivity index is 2.07. The quantitative estimate of drug-likeness (QED) is 0.734. The Morgan fingerprint density at radius 2 is 2.05 bits per heavy atom. The summed E-state index contributed by atoms with van der Waals surface area (Å²) in [5, 5.41) is 5.37. The minimum Gasteiger partial charge on any atom is -0.459 e. The molecule has 0 saturated heterocycles. The molecule has 1 N–H and O–H groups in total. The van der Waals surface area contributed by atoms with E-state index in [4.69, 9.17) is 32.0 Å². The minimum atomic E-state index is -0.141. The van der Waals surface area contributed by atoms with E-state index in [0.29, 0.717) is 10.2 Å². The van der Waals surface area contributed by atoms with Crippen molar-refractivity contribution in [2.75, 3.05) is 6.54 Å². The zero-order chi connectivity index (χ0) is 14.1. The predicted molar refractivity (Wildman–Crippen MR) is 80.5 cm³/mol. The monoisotopic (exact) mass is 309 g/mol. The lowest BCUT2D eigenvalue weighted by Gasteiger charge is -2.13. The summed E-state index contributed by atoms with van der Waals surface area (Å²) in [4.78, 5) is 0. The Morgan fingerprint density at radius 1 is 1.20 bits per heavy atom. The van der Waals surface area contributed by atoms with Crippen molar-refractivity contribution in [3.8, 4) is 0 Å². The van der Waals surface area contributed by atoms with Gasteiger partial charge in [0, 0.05) is 16.0 Å². The molecule has 20 heavy (non-hydrogen) atoms. The van der Waals surface area contributed by atoms with Crippen molar-refractivity contribution in [2.24, 2.45) is 0 Å². The van der Waals surface area contributed by atoms with Gasteiger partial charge in [-0.25, -0.2) is 0 Å². The molecule has 0 bridgehead atoms. The zero-order valence-electron chi connectivity index (χ0n) is 10.8. The number of halogens is 2. The van der Waals surface area contributed by atoms with Crippen LogP contribution in [0.4, 0.5) is 0 Å². The van der Waals surface area contributed by atoms with Crippen LogP contribution in [-0.4, -0.2) is 6.54 Å². The Hall–Kier alpha value is -1.42. The van der Waals surface area contributed by atoms with Crippen LogP contribution in [0.15, 0.2) is 45.4 Å². The standard InChI is InChI=1S/C15H13Cl2NO2/c1-2-18-14(11-5-6-19-15(11)17)13-8-9-7-10(16)3-4-12(9)20-13/h3-8,14,18H,2H2,1H3. The average Bonchev–Trinajstić information content (AvgIpc) is 3.01. The van der Waals surface area contributed by atoms with Gasteiger partial charge in [0.2, 0.25) is 0 Å². The van der Waals surface area contributed by atoms with E-state index in [0.717, 1.165) is 28.8 Å². The molecule has 0 radical (unpaired) electrons. The Kier molecular flexibility index (Phi) is 3.74. The van der Waals surface area contributed by atoms with Gasteiger partial charge in [-0.05, 0) is 48.5 Å². The maximum atomic E-state index is 6.07. The molecule has 1 aromatic carbocycles. The normalized spacial score (nSPS) is 12.9. The maximum Gasteiger partial charge on any atom is 0.198 e.